The molecule has 0 unspecified atom stereocenters. The summed E-state index contributed by atoms with van der Waals surface area (Å²) in [5.74, 6) is 0. The lowest BCUT2D eigenvalue weighted by molar-refractivity contribution is 1.00. The van der Waals surface area contributed by atoms with Crippen LogP contribution < -0.4 is 0 Å². The SMILES string of the molecule is Cc1cc(C)c2ccncc2n1.Cc1ccc2cnnc(C)c2c1.Cc1ccc2cnncc2c1.Cc1cccc2cnncc12.Cc1ccnc2cnccc12.Cc1cnc(C)c2c(C)nccc12.Cc1cnc(C)c2cnccc12.Cc1cncc2cnccc12.Cc1nccc2ccncc12. The predicted octanol–water partition coefficient (Wildman–Crippen LogP) is 19.0. The van der Waals surface area contributed by atoms with Gasteiger partial charge in [0.15, 0.2) is 0 Å². The quantitative estimate of drug-likeness (QED) is 0.137. The molecule has 0 saturated carbocycles. The summed E-state index contributed by atoms with van der Waals surface area (Å²) < 4.78 is 0. The lowest BCUT2D eigenvalue weighted by Gasteiger charge is -2.05. The van der Waals surface area contributed by atoms with Crippen LogP contribution in [-0.2, 0) is 0 Å². The Kier molecular flexibility index (Phi) is 25.4. The van der Waals surface area contributed by atoms with Crippen molar-refractivity contribution in [3.63, 3.8) is 0 Å². The number of pyridine rings is 12. The van der Waals surface area contributed by atoms with Gasteiger partial charge in [-0.3, -0.25) is 59.8 Å². The maximum absolute atomic E-state index is 4.37. The van der Waals surface area contributed by atoms with Crippen molar-refractivity contribution in [2.45, 2.75) is 96.9 Å². The molecule has 0 aliphatic carbocycles. The Morgan fingerprint density at radius 3 is 1.44 bits per heavy atom. The molecule has 15 heterocycles. The van der Waals surface area contributed by atoms with Crippen LogP contribution in [0.15, 0.2) is 246 Å². The van der Waals surface area contributed by atoms with Crippen LogP contribution in [0.4, 0.5) is 0 Å². The fourth-order valence-electron chi connectivity index (χ4n) is 11.5. The van der Waals surface area contributed by atoms with E-state index in [4.69, 9.17) is 0 Å². The van der Waals surface area contributed by atoms with E-state index < -0.39 is 0 Å². The van der Waals surface area contributed by atoms with E-state index in [1.807, 2.05) is 164 Å². The Morgan fingerprint density at radius 1 is 0.221 bits per heavy atom. The van der Waals surface area contributed by atoms with Crippen LogP contribution in [0.5, 0.6) is 0 Å². The van der Waals surface area contributed by atoms with Crippen molar-refractivity contribution in [3.05, 3.63) is 324 Å². The van der Waals surface area contributed by atoms with Gasteiger partial charge in [0.25, 0.3) is 0 Å². The lowest BCUT2D eigenvalue weighted by atomic mass is 10.1. The van der Waals surface area contributed by atoms with Crippen molar-refractivity contribution in [2.75, 3.05) is 0 Å². The van der Waals surface area contributed by atoms with Crippen LogP contribution in [0.1, 0.15) is 78.7 Å². The Bertz CT molecular complexity index is 5540. The molecule has 0 bridgehead atoms. The first-order valence-corrected chi connectivity index (χ1v) is 33.9. The molecule has 0 aliphatic heterocycles. The average molecular weight is 1370 g/mol. The third-order valence-electron chi connectivity index (χ3n) is 17.2. The molecule has 0 radical (unpaired) electrons. The fraction of sp³-hybridized carbons (Fsp3) is 0.163. The van der Waals surface area contributed by atoms with Gasteiger partial charge in [-0.25, -0.2) is 0 Å². The molecular weight excluding hydrogens is 1290 g/mol. The number of hydrogen-bond acceptors (Lipinski definition) is 18. The number of hydrogen-bond donors (Lipinski definition) is 0. The normalized spacial score (nSPS) is 10.4. The summed E-state index contributed by atoms with van der Waals surface area (Å²) in [5.41, 5.74) is 18.1. The van der Waals surface area contributed by atoms with Crippen molar-refractivity contribution in [3.8, 4) is 0 Å². The van der Waals surface area contributed by atoms with Gasteiger partial charge in [0.2, 0.25) is 0 Å². The molecule has 18 heteroatoms. The Balaban J connectivity index is 0.000000126. The number of nitrogens with zero attached hydrogens (tertiary/aromatic N) is 18. The zero-order valence-electron chi connectivity index (χ0n) is 61.1. The molecule has 104 heavy (non-hydrogen) atoms. The van der Waals surface area contributed by atoms with E-state index >= 15 is 0 Å². The summed E-state index contributed by atoms with van der Waals surface area (Å²) in [7, 11) is 0. The lowest BCUT2D eigenvalue weighted by Crippen LogP contribution is -1.91. The number of fused-ring (bicyclic) bond motifs is 9. The van der Waals surface area contributed by atoms with Crippen LogP contribution in [0, 0.1) is 96.9 Å². The third kappa shape index (κ3) is 19.5. The van der Waals surface area contributed by atoms with Crippen LogP contribution >= 0.6 is 0 Å². The van der Waals surface area contributed by atoms with Gasteiger partial charge >= 0.3 is 0 Å². The minimum Gasteiger partial charge on any atom is -0.264 e. The molecule has 0 fully saturated rings. The monoisotopic (exact) mass is 1370 g/mol. The van der Waals surface area contributed by atoms with Gasteiger partial charge in [0.05, 0.1) is 60.1 Å². The molecule has 18 aromatic rings. The highest BCUT2D eigenvalue weighted by Gasteiger charge is 2.06. The second-order valence-corrected chi connectivity index (χ2v) is 25.0. The Hall–Kier alpha value is -13.0. The fourth-order valence-corrected chi connectivity index (χ4v) is 11.5. The Morgan fingerprint density at radius 2 is 0.731 bits per heavy atom. The predicted molar refractivity (Wildman–Crippen MR) is 422 cm³/mol. The van der Waals surface area contributed by atoms with Crippen molar-refractivity contribution >= 4 is 97.2 Å². The van der Waals surface area contributed by atoms with Gasteiger partial charge in [-0.15, -0.1) is 0 Å². The van der Waals surface area contributed by atoms with Crippen molar-refractivity contribution < 1.29 is 0 Å². The molecule has 15 aromatic heterocycles. The summed E-state index contributed by atoms with van der Waals surface area (Å²) in [5, 5.41) is 42.0. The maximum atomic E-state index is 4.37. The number of rotatable bonds is 0. The van der Waals surface area contributed by atoms with Gasteiger partial charge in [-0.2, -0.15) is 30.6 Å². The van der Waals surface area contributed by atoms with Gasteiger partial charge in [0, 0.05) is 186 Å². The second-order valence-electron chi connectivity index (χ2n) is 25.0. The maximum Gasteiger partial charge on any atom is 0.0890 e. The highest BCUT2D eigenvalue weighted by Crippen LogP contribution is 2.24. The minimum absolute atomic E-state index is 0.965. The van der Waals surface area contributed by atoms with E-state index in [0.29, 0.717) is 0 Å². The topological polar surface area (TPSA) is 232 Å². The van der Waals surface area contributed by atoms with E-state index in [-0.39, 0.29) is 0 Å². The van der Waals surface area contributed by atoms with E-state index in [1.165, 1.54) is 93.0 Å². The molecule has 0 atom stereocenters. The first-order chi connectivity index (χ1) is 50.4. The van der Waals surface area contributed by atoms with E-state index in [1.54, 1.807) is 74.4 Å². The first kappa shape index (κ1) is 73.7. The van der Waals surface area contributed by atoms with E-state index in [2.05, 4.69) is 194 Å². The van der Waals surface area contributed by atoms with E-state index in [0.717, 1.165) is 82.9 Å². The van der Waals surface area contributed by atoms with Crippen molar-refractivity contribution in [2.24, 2.45) is 0 Å². The number of benzene rings is 3. The molecular formula is C86H82N18. The number of aromatic nitrogens is 18. The summed E-state index contributed by atoms with van der Waals surface area (Å²) in [4.78, 5) is 49.8. The first-order valence-electron chi connectivity index (χ1n) is 33.9. The standard InChI is InChI=1S/C11H12N2.3C10H10N2.5C9H8N2/c1-7-6-13-9(3)11-8(2)12-5-4-10(7)11;1-7-5-12-8(2)10-6-11-4-3-9(7)10;1-7-5-8(2)12-10-6-11-4-3-9(7)10;1-7-3-4-9-6-11-12-8(2)10(9)5-7;1-7-2-5-11-9-6-10-4-3-8(7)9;1-7-9-6-10-4-2-8(9)3-5-11-7;1-7-4-11-6-8-5-10-3-2-9(7)8;1-7-2-3-8-5-10-11-6-9(8)4-7;1-7-3-2-4-8-5-10-11-6-9(7)8/h4-6H,1-3H3;3*3-6H,1-2H3;5*2-6H,1H3. The largest absolute Gasteiger partial charge is 0.264 e. The van der Waals surface area contributed by atoms with Crippen molar-refractivity contribution in [1.82, 2.24) is 90.4 Å². The van der Waals surface area contributed by atoms with Gasteiger partial charge in [-0.05, 0) is 219 Å². The number of aryl methyl sites for hydroxylation is 14. The summed E-state index contributed by atoms with van der Waals surface area (Å²) in [6, 6.07) is 36.8. The van der Waals surface area contributed by atoms with Crippen LogP contribution in [-0.4, -0.2) is 90.4 Å². The summed E-state index contributed by atoms with van der Waals surface area (Å²) in [6.07, 6.45) is 40.0. The molecule has 18 nitrogen and oxygen atoms in total. The molecule has 3 aromatic carbocycles. The summed E-state index contributed by atoms with van der Waals surface area (Å²) in [6.45, 7) is 28.6. The van der Waals surface area contributed by atoms with Crippen LogP contribution in [0.25, 0.3) is 97.2 Å². The summed E-state index contributed by atoms with van der Waals surface area (Å²) >= 11 is 0. The highest BCUT2D eigenvalue weighted by atomic mass is 15.1. The minimum atomic E-state index is 0.965. The molecule has 0 N–H and O–H groups in total. The Labute approximate surface area is 605 Å². The van der Waals surface area contributed by atoms with Crippen molar-refractivity contribution in [1.29, 1.82) is 0 Å². The van der Waals surface area contributed by atoms with Gasteiger partial charge in [-0.1, -0.05) is 53.6 Å². The van der Waals surface area contributed by atoms with Gasteiger partial charge in [0.1, 0.15) is 0 Å². The average Bonchev–Trinajstić information content (AvgIpc) is 0.812. The van der Waals surface area contributed by atoms with Crippen LogP contribution in [0.3, 0.4) is 0 Å². The molecule has 0 spiro atoms. The molecule has 0 amide bonds. The zero-order chi connectivity index (χ0) is 73.5. The van der Waals surface area contributed by atoms with Gasteiger partial charge < -0.3 is 0 Å². The molecule has 0 aliphatic rings. The highest BCUT2D eigenvalue weighted by molar-refractivity contribution is 5.90. The smallest absolute Gasteiger partial charge is 0.0890 e. The second kappa shape index (κ2) is 35.9. The molecule has 516 valence electrons. The molecule has 0 saturated heterocycles. The third-order valence-corrected chi connectivity index (χ3v) is 17.2. The van der Waals surface area contributed by atoms with Crippen LogP contribution in [0.2, 0.25) is 0 Å². The zero-order valence-corrected chi connectivity index (χ0v) is 61.1. The van der Waals surface area contributed by atoms with E-state index in [9.17, 15) is 0 Å². The molecule has 18 rings (SSSR count).